The topological polar surface area (TPSA) is 45.1 Å². The Morgan fingerprint density at radius 1 is 0.795 bits per heavy atom. The number of hydrogen-bond donors (Lipinski definition) is 0. The van der Waals surface area contributed by atoms with Crippen LogP contribution in [0.25, 0.3) is 0 Å². The molecule has 0 spiro atoms. The van der Waals surface area contributed by atoms with Gasteiger partial charge in [0.15, 0.2) is 17.8 Å². The van der Waals surface area contributed by atoms with Gasteiger partial charge in [-0.15, -0.1) is 5.10 Å². The number of amidine groups is 1. The van der Waals surface area contributed by atoms with Gasteiger partial charge in [-0.2, -0.15) is 0 Å². The highest BCUT2D eigenvalue weighted by atomic mass is 35.5. The Morgan fingerprint density at radius 2 is 1.46 bits per heavy atom. The van der Waals surface area contributed by atoms with Crippen LogP contribution in [0.3, 0.4) is 0 Å². The quantitative estimate of drug-likeness (QED) is 0.207. The molecule has 5 rings (SSSR count). The zero-order chi connectivity index (χ0) is 27.7. The van der Waals surface area contributed by atoms with E-state index in [1.807, 2.05) is 41.3 Å². The monoisotopic (exact) mass is 617 g/mol. The van der Waals surface area contributed by atoms with Gasteiger partial charge in [0.05, 0.1) is 15.7 Å². The third-order valence-electron chi connectivity index (χ3n) is 6.13. The van der Waals surface area contributed by atoms with Crippen molar-refractivity contribution >= 4 is 81.0 Å². The summed E-state index contributed by atoms with van der Waals surface area (Å²) in [6.07, 6.45) is -0.625. The Labute approximate surface area is 251 Å². The van der Waals surface area contributed by atoms with E-state index < -0.39 is 6.17 Å². The van der Waals surface area contributed by atoms with Crippen molar-refractivity contribution in [2.45, 2.75) is 19.7 Å². The molecule has 10 heteroatoms. The predicted octanol–water partition coefficient (Wildman–Crippen LogP) is 9.46. The second-order valence-electron chi connectivity index (χ2n) is 8.67. The van der Waals surface area contributed by atoms with E-state index in [-0.39, 0.29) is 18.2 Å². The molecule has 0 saturated carbocycles. The number of anilines is 2. The lowest BCUT2D eigenvalue weighted by Gasteiger charge is -2.33. The first-order valence-corrected chi connectivity index (χ1v) is 13.7. The molecule has 1 heterocycles. The molecule has 1 unspecified atom stereocenters. The van der Waals surface area contributed by atoms with Crippen molar-refractivity contribution in [3.63, 3.8) is 0 Å². The summed E-state index contributed by atoms with van der Waals surface area (Å²) in [5, 5.41) is 8.83. The number of Topliss-reactive ketones (excluding diaryl/α,β-unsaturated/α-hetero) is 1. The van der Waals surface area contributed by atoms with E-state index in [2.05, 4.69) is 0 Å². The van der Waals surface area contributed by atoms with Gasteiger partial charge in [-0.3, -0.25) is 9.69 Å². The van der Waals surface area contributed by atoms with Crippen LogP contribution >= 0.6 is 58.0 Å². The van der Waals surface area contributed by atoms with Crippen LogP contribution in [0.5, 0.6) is 5.75 Å². The van der Waals surface area contributed by atoms with Crippen molar-refractivity contribution in [3.8, 4) is 5.75 Å². The number of ether oxygens (including phenoxy) is 1. The van der Waals surface area contributed by atoms with E-state index >= 15 is 0 Å². The van der Waals surface area contributed by atoms with Crippen LogP contribution in [0.15, 0.2) is 90.0 Å². The van der Waals surface area contributed by atoms with Gasteiger partial charge >= 0.3 is 0 Å². The molecule has 0 fully saturated rings. The predicted molar refractivity (Wildman–Crippen MR) is 161 cm³/mol. The number of nitrogens with zero attached hydrogens (tertiary/aromatic N) is 3. The first-order valence-electron chi connectivity index (χ1n) is 11.8. The lowest BCUT2D eigenvalue weighted by Crippen LogP contribution is -2.38. The van der Waals surface area contributed by atoms with Gasteiger partial charge < -0.3 is 4.74 Å². The third-order valence-corrected chi connectivity index (χ3v) is 7.82. The number of para-hydroxylation sites is 1. The highest BCUT2D eigenvalue weighted by Gasteiger charge is 2.40. The molecule has 4 aromatic rings. The molecule has 0 bridgehead atoms. The fourth-order valence-corrected chi connectivity index (χ4v) is 5.20. The molecule has 0 aromatic heterocycles. The van der Waals surface area contributed by atoms with Crippen LogP contribution in [0.2, 0.25) is 25.1 Å². The lowest BCUT2D eigenvalue weighted by atomic mass is 10.1. The molecule has 0 N–H and O–H groups in total. The minimum absolute atomic E-state index is 0.135. The van der Waals surface area contributed by atoms with Crippen LogP contribution in [0.4, 0.5) is 11.4 Å². The fourth-order valence-electron chi connectivity index (χ4n) is 4.28. The minimum atomic E-state index is -0.625. The third kappa shape index (κ3) is 5.69. The van der Waals surface area contributed by atoms with Crippen molar-refractivity contribution in [1.82, 2.24) is 0 Å². The van der Waals surface area contributed by atoms with Gasteiger partial charge in [-0.25, -0.2) is 5.01 Å². The van der Waals surface area contributed by atoms with Gasteiger partial charge in [-0.1, -0.05) is 82.3 Å². The first-order chi connectivity index (χ1) is 18.7. The Hall–Kier alpha value is -2.93. The molecule has 0 amide bonds. The molecule has 1 aliphatic heterocycles. The van der Waals surface area contributed by atoms with Gasteiger partial charge in [-0.05, 0) is 60.7 Å². The summed E-state index contributed by atoms with van der Waals surface area (Å²) in [4.78, 5) is 14.7. The SMILES string of the molecule is CC(=O)C1=NN(c2ccc(Cl)cc2)C(c2ccccc2OCc2c(Cl)cccc2Cl)N1c1ccc(Cl)c(Cl)c1. The van der Waals surface area contributed by atoms with Gasteiger partial charge in [0.1, 0.15) is 12.4 Å². The fraction of sp³-hybridized carbons (Fsp3) is 0.103. The van der Waals surface area contributed by atoms with Crippen molar-refractivity contribution in [2.24, 2.45) is 5.10 Å². The summed E-state index contributed by atoms with van der Waals surface area (Å²) in [5.41, 5.74) is 2.75. The molecule has 5 nitrogen and oxygen atoms in total. The van der Waals surface area contributed by atoms with Crippen molar-refractivity contribution in [1.29, 1.82) is 0 Å². The number of hydrogen-bond acceptors (Lipinski definition) is 5. The van der Waals surface area contributed by atoms with Crippen molar-refractivity contribution in [2.75, 3.05) is 9.91 Å². The van der Waals surface area contributed by atoms with Crippen LogP contribution < -0.4 is 14.6 Å². The Bertz CT molecular complexity index is 1560. The highest BCUT2D eigenvalue weighted by molar-refractivity contribution is 6.45. The maximum absolute atomic E-state index is 12.9. The molecule has 198 valence electrons. The van der Waals surface area contributed by atoms with Crippen LogP contribution in [0.1, 0.15) is 24.2 Å². The maximum atomic E-state index is 12.9. The largest absolute Gasteiger partial charge is 0.488 e. The van der Waals surface area contributed by atoms with E-state index in [0.29, 0.717) is 42.1 Å². The molecular weight excluding hydrogens is 600 g/mol. The molecule has 0 radical (unpaired) electrons. The van der Waals surface area contributed by atoms with Crippen LogP contribution in [-0.4, -0.2) is 11.6 Å². The van der Waals surface area contributed by atoms with E-state index in [1.165, 1.54) is 6.92 Å². The van der Waals surface area contributed by atoms with E-state index in [1.54, 1.807) is 53.5 Å². The Kier molecular flexibility index (Phi) is 8.27. The number of hydrazone groups is 1. The average Bonchev–Trinajstić information content (AvgIpc) is 3.31. The number of ketones is 1. The summed E-state index contributed by atoms with van der Waals surface area (Å²) in [7, 11) is 0. The van der Waals surface area contributed by atoms with Gasteiger partial charge in [0, 0.05) is 38.8 Å². The summed E-state index contributed by atoms with van der Waals surface area (Å²) in [6, 6.07) is 25.2. The van der Waals surface area contributed by atoms with Gasteiger partial charge in [0.2, 0.25) is 0 Å². The molecule has 4 aromatic carbocycles. The zero-order valence-corrected chi connectivity index (χ0v) is 24.2. The molecule has 0 aliphatic carbocycles. The minimum Gasteiger partial charge on any atom is -0.488 e. The summed E-state index contributed by atoms with van der Waals surface area (Å²) in [5.74, 6) is 0.545. The van der Waals surface area contributed by atoms with E-state index in [4.69, 9.17) is 67.8 Å². The molecule has 1 atom stereocenters. The zero-order valence-electron chi connectivity index (χ0n) is 20.4. The number of rotatable bonds is 7. The van der Waals surface area contributed by atoms with Crippen molar-refractivity contribution < 1.29 is 9.53 Å². The van der Waals surface area contributed by atoms with Crippen LogP contribution in [0, 0.1) is 0 Å². The number of carbonyl (C=O) groups excluding carboxylic acids is 1. The smallest absolute Gasteiger partial charge is 0.198 e. The molecule has 0 saturated heterocycles. The molecule has 1 aliphatic rings. The summed E-state index contributed by atoms with van der Waals surface area (Å²) in [6.45, 7) is 1.60. The molecular formula is C29H20Cl5N3O2. The van der Waals surface area contributed by atoms with E-state index in [0.717, 1.165) is 11.3 Å². The Balaban J connectivity index is 1.64. The van der Waals surface area contributed by atoms with Gasteiger partial charge in [0.25, 0.3) is 0 Å². The average molecular weight is 620 g/mol. The number of benzene rings is 4. The summed E-state index contributed by atoms with van der Waals surface area (Å²) < 4.78 is 6.30. The maximum Gasteiger partial charge on any atom is 0.198 e. The summed E-state index contributed by atoms with van der Waals surface area (Å²) >= 11 is 31.6. The van der Waals surface area contributed by atoms with Crippen molar-refractivity contribution in [3.05, 3.63) is 121 Å². The lowest BCUT2D eigenvalue weighted by molar-refractivity contribution is -0.111. The van der Waals surface area contributed by atoms with Crippen LogP contribution in [-0.2, 0) is 11.4 Å². The number of carbonyl (C=O) groups is 1. The second-order valence-corrected chi connectivity index (χ2v) is 10.7. The first kappa shape index (κ1) is 27.6. The second kappa shape index (κ2) is 11.7. The highest BCUT2D eigenvalue weighted by Crippen LogP contribution is 2.43. The normalized spacial score (nSPS) is 14.9. The standard InChI is InChI=1S/C29H20Cl5N3O2/c1-17(38)28-35-37(19-11-9-18(30)10-12-19)29(36(28)20-13-14-25(33)26(34)15-20)21-5-2-3-8-27(21)39-16-22-23(31)6-4-7-24(22)32/h2-15,29H,16H2,1H3. The van der Waals surface area contributed by atoms with E-state index in [9.17, 15) is 4.79 Å². The molecule has 39 heavy (non-hydrogen) atoms. The Morgan fingerprint density at radius 3 is 2.13 bits per heavy atom. The number of halogens is 5.